The van der Waals surface area contributed by atoms with Crippen LogP contribution in [0.1, 0.15) is 31.8 Å². The highest BCUT2D eigenvalue weighted by atomic mass is 16.5. The van der Waals surface area contributed by atoms with Gasteiger partial charge in [0.25, 0.3) is 11.8 Å². The van der Waals surface area contributed by atoms with E-state index in [1.807, 2.05) is 29.2 Å². The van der Waals surface area contributed by atoms with Crippen molar-refractivity contribution in [3.05, 3.63) is 113 Å². The predicted molar refractivity (Wildman–Crippen MR) is 141 cm³/mol. The Labute approximate surface area is 210 Å². The van der Waals surface area contributed by atoms with Gasteiger partial charge in [-0.15, -0.1) is 0 Å². The van der Waals surface area contributed by atoms with Crippen molar-refractivity contribution in [3.63, 3.8) is 0 Å². The van der Waals surface area contributed by atoms with Gasteiger partial charge in [-0.2, -0.15) is 0 Å². The first kappa shape index (κ1) is 23.6. The van der Waals surface area contributed by atoms with Crippen LogP contribution in [0.4, 0.5) is 0 Å². The van der Waals surface area contributed by atoms with E-state index in [1.165, 1.54) is 16.3 Å². The Morgan fingerprint density at radius 1 is 0.806 bits per heavy atom. The Balaban J connectivity index is 1.19. The maximum atomic E-state index is 13.2. The van der Waals surface area contributed by atoms with E-state index in [1.54, 1.807) is 24.3 Å². The molecule has 1 saturated heterocycles. The minimum Gasteiger partial charge on any atom is -0.488 e. The van der Waals surface area contributed by atoms with Crippen LogP contribution in [0.25, 0.3) is 10.8 Å². The number of para-hydroxylation sites is 1. The molecule has 1 heterocycles. The lowest BCUT2D eigenvalue weighted by Crippen LogP contribution is -2.48. The third-order valence-corrected chi connectivity index (χ3v) is 6.65. The van der Waals surface area contributed by atoms with E-state index in [9.17, 15) is 9.59 Å². The monoisotopic (exact) mass is 479 g/mol. The normalized spacial score (nSPS) is 14.1. The standard InChI is InChI=1S/C30H29N3O3/c31-29(34)27-13-3-4-14-28(27)36-21-22-7-5-10-24(19-22)30(35)33-17-15-32(16-18-33)20-25-11-6-9-23-8-1-2-12-26(23)25/h1-14,19H,15-18,20-21H2,(H2,31,34). The minimum atomic E-state index is -0.533. The average Bonchev–Trinajstić information content (AvgIpc) is 2.92. The number of hydrogen-bond acceptors (Lipinski definition) is 4. The van der Waals surface area contributed by atoms with Crippen molar-refractivity contribution in [2.45, 2.75) is 13.2 Å². The predicted octanol–water partition coefficient (Wildman–Crippen LogP) is 4.48. The van der Waals surface area contributed by atoms with Gasteiger partial charge in [-0.05, 0) is 46.2 Å². The lowest BCUT2D eigenvalue weighted by atomic mass is 10.0. The number of hydrogen-bond donors (Lipinski definition) is 1. The molecular weight excluding hydrogens is 450 g/mol. The fraction of sp³-hybridized carbons (Fsp3) is 0.200. The summed E-state index contributed by atoms with van der Waals surface area (Å²) in [4.78, 5) is 29.2. The highest BCUT2D eigenvalue weighted by Crippen LogP contribution is 2.22. The largest absolute Gasteiger partial charge is 0.488 e. The van der Waals surface area contributed by atoms with Crippen LogP contribution < -0.4 is 10.5 Å². The van der Waals surface area contributed by atoms with E-state index >= 15 is 0 Å². The summed E-state index contributed by atoms with van der Waals surface area (Å²) in [6.45, 7) is 4.17. The second kappa shape index (κ2) is 10.6. The zero-order chi connectivity index (χ0) is 24.9. The molecule has 4 aromatic rings. The number of rotatable bonds is 7. The number of amides is 2. The van der Waals surface area contributed by atoms with Crippen molar-refractivity contribution in [2.24, 2.45) is 5.73 Å². The molecule has 1 fully saturated rings. The lowest BCUT2D eigenvalue weighted by molar-refractivity contribution is 0.0628. The number of carbonyl (C=O) groups excluding carboxylic acids is 2. The third-order valence-electron chi connectivity index (χ3n) is 6.65. The van der Waals surface area contributed by atoms with Gasteiger partial charge < -0.3 is 15.4 Å². The Kier molecular flexibility index (Phi) is 6.96. The second-order valence-corrected chi connectivity index (χ2v) is 9.06. The maximum absolute atomic E-state index is 13.2. The molecule has 0 bridgehead atoms. The molecule has 0 unspecified atom stereocenters. The topological polar surface area (TPSA) is 75.9 Å². The zero-order valence-electron chi connectivity index (χ0n) is 20.1. The van der Waals surface area contributed by atoms with Gasteiger partial charge in [-0.25, -0.2) is 0 Å². The summed E-state index contributed by atoms with van der Waals surface area (Å²) in [7, 11) is 0. The molecule has 0 atom stereocenters. The second-order valence-electron chi connectivity index (χ2n) is 9.06. The number of primary amides is 1. The van der Waals surface area contributed by atoms with Crippen LogP contribution in [0.5, 0.6) is 5.75 Å². The molecule has 0 spiro atoms. The van der Waals surface area contributed by atoms with Crippen molar-refractivity contribution in [3.8, 4) is 5.75 Å². The lowest BCUT2D eigenvalue weighted by Gasteiger charge is -2.35. The molecule has 2 N–H and O–H groups in total. The summed E-state index contributed by atoms with van der Waals surface area (Å²) in [5.74, 6) is -0.0719. The molecule has 6 heteroatoms. The molecule has 0 aromatic heterocycles. The number of ether oxygens (including phenoxy) is 1. The first-order valence-corrected chi connectivity index (χ1v) is 12.2. The first-order valence-electron chi connectivity index (χ1n) is 12.2. The number of piperazine rings is 1. The van der Waals surface area contributed by atoms with E-state index in [4.69, 9.17) is 10.5 Å². The van der Waals surface area contributed by atoms with E-state index < -0.39 is 5.91 Å². The molecule has 5 rings (SSSR count). The molecule has 36 heavy (non-hydrogen) atoms. The van der Waals surface area contributed by atoms with Crippen LogP contribution >= 0.6 is 0 Å². The summed E-state index contributed by atoms with van der Waals surface area (Å²) in [5.41, 5.74) is 8.59. The van der Waals surface area contributed by atoms with Crippen molar-refractivity contribution >= 4 is 22.6 Å². The zero-order valence-corrected chi connectivity index (χ0v) is 20.1. The van der Waals surface area contributed by atoms with Crippen LogP contribution in [0.2, 0.25) is 0 Å². The quantitative estimate of drug-likeness (QED) is 0.424. The molecule has 6 nitrogen and oxygen atoms in total. The number of benzene rings is 4. The van der Waals surface area contributed by atoms with Crippen molar-refractivity contribution in [1.29, 1.82) is 0 Å². The van der Waals surface area contributed by atoms with Crippen molar-refractivity contribution < 1.29 is 14.3 Å². The molecule has 2 amide bonds. The Morgan fingerprint density at radius 3 is 2.36 bits per heavy atom. The summed E-state index contributed by atoms with van der Waals surface area (Å²) < 4.78 is 5.83. The summed E-state index contributed by atoms with van der Waals surface area (Å²) >= 11 is 0. The van der Waals surface area contributed by atoms with Gasteiger partial charge in [0.15, 0.2) is 0 Å². The number of carbonyl (C=O) groups is 2. The molecule has 0 radical (unpaired) electrons. The summed E-state index contributed by atoms with van der Waals surface area (Å²) in [5, 5.41) is 2.54. The van der Waals surface area contributed by atoms with Gasteiger partial charge in [-0.3, -0.25) is 14.5 Å². The molecular formula is C30H29N3O3. The smallest absolute Gasteiger partial charge is 0.253 e. The fourth-order valence-electron chi connectivity index (χ4n) is 4.71. The van der Waals surface area contributed by atoms with Gasteiger partial charge in [0.2, 0.25) is 0 Å². The molecule has 182 valence electrons. The van der Waals surface area contributed by atoms with Crippen LogP contribution in [-0.2, 0) is 13.2 Å². The molecule has 4 aromatic carbocycles. The van der Waals surface area contributed by atoms with Gasteiger partial charge in [0.1, 0.15) is 12.4 Å². The van der Waals surface area contributed by atoms with E-state index in [2.05, 4.69) is 47.4 Å². The van der Waals surface area contributed by atoms with Gasteiger partial charge >= 0.3 is 0 Å². The highest BCUT2D eigenvalue weighted by Gasteiger charge is 2.23. The van der Waals surface area contributed by atoms with Gasteiger partial charge in [0.05, 0.1) is 5.56 Å². The molecule has 1 aliphatic heterocycles. The van der Waals surface area contributed by atoms with Crippen LogP contribution in [0.15, 0.2) is 91.0 Å². The summed E-state index contributed by atoms with van der Waals surface area (Å²) in [6.07, 6.45) is 0. The minimum absolute atomic E-state index is 0.0270. The summed E-state index contributed by atoms with van der Waals surface area (Å²) in [6, 6.07) is 29.3. The molecule has 0 saturated carbocycles. The van der Waals surface area contributed by atoms with Crippen molar-refractivity contribution in [1.82, 2.24) is 9.80 Å². The Bertz CT molecular complexity index is 1390. The van der Waals surface area contributed by atoms with E-state index in [0.29, 0.717) is 30.0 Å². The Hall–Kier alpha value is -4.16. The number of nitrogens with zero attached hydrogens (tertiary/aromatic N) is 2. The van der Waals surface area contributed by atoms with Gasteiger partial charge in [-0.1, -0.05) is 66.7 Å². The van der Waals surface area contributed by atoms with Crippen LogP contribution in [0.3, 0.4) is 0 Å². The first-order chi connectivity index (χ1) is 17.6. The number of nitrogens with two attached hydrogens (primary N) is 1. The number of fused-ring (bicyclic) bond motifs is 1. The third kappa shape index (κ3) is 5.24. The Morgan fingerprint density at radius 2 is 1.53 bits per heavy atom. The molecule has 0 aliphatic carbocycles. The van der Waals surface area contributed by atoms with Crippen LogP contribution in [0, 0.1) is 0 Å². The van der Waals surface area contributed by atoms with Crippen LogP contribution in [-0.4, -0.2) is 47.8 Å². The fourth-order valence-corrected chi connectivity index (χ4v) is 4.71. The van der Waals surface area contributed by atoms with Gasteiger partial charge in [0, 0.05) is 38.3 Å². The van der Waals surface area contributed by atoms with E-state index in [0.717, 1.165) is 25.2 Å². The van der Waals surface area contributed by atoms with E-state index in [-0.39, 0.29) is 12.5 Å². The molecule has 1 aliphatic rings. The van der Waals surface area contributed by atoms with Crippen molar-refractivity contribution in [2.75, 3.05) is 26.2 Å². The SMILES string of the molecule is NC(=O)c1ccccc1OCc1cccc(C(=O)N2CCN(Cc3cccc4ccccc34)CC2)c1. The highest BCUT2D eigenvalue weighted by molar-refractivity contribution is 5.95. The maximum Gasteiger partial charge on any atom is 0.253 e. The average molecular weight is 480 g/mol.